The summed E-state index contributed by atoms with van der Waals surface area (Å²) in [5.41, 5.74) is 1.66. The summed E-state index contributed by atoms with van der Waals surface area (Å²) in [4.78, 5) is 22.9. The van der Waals surface area contributed by atoms with E-state index in [2.05, 4.69) is 40.9 Å². The summed E-state index contributed by atoms with van der Waals surface area (Å²) in [5.74, 6) is 1.46. The Hall–Kier alpha value is -2.19. The van der Waals surface area contributed by atoms with E-state index in [1.165, 1.54) is 23.1 Å². The van der Waals surface area contributed by atoms with Gasteiger partial charge in [-0.3, -0.25) is 14.8 Å². The standard InChI is InChI=1S/C18H21N5OS2/c1-12(24)23(14-8-6-5-7-9-14)17-19-13(11-26-17)10-25-16-20-15(21-22-16)18(2,3)4/h5-9,11H,10H2,1-4H3,(H,20,21,22). The van der Waals surface area contributed by atoms with Crippen molar-refractivity contribution in [2.75, 3.05) is 4.90 Å². The van der Waals surface area contributed by atoms with Gasteiger partial charge in [0.05, 0.1) is 11.4 Å². The minimum atomic E-state index is -0.0615. The maximum atomic E-state index is 12.1. The molecule has 0 unspecified atom stereocenters. The van der Waals surface area contributed by atoms with E-state index in [-0.39, 0.29) is 11.3 Å². The summed E-state index contributed by atoms with van der Waals surface area (Å²) in [6, 6.07) is 9.55. The van der Waals surface area contributed by atoms with Crippen LogP contribution in [0.1, 0.15) is 39.2 Å². The molecule has 0 bridgehead atoms. The lowest BCUT2D eigenvalue weighted by molar-refractivity contribution is -0.115. The van der Waals surface area contributed by atoms with Gasteiger partial charge in [-0.1, -0.05) is 50.7 Å². The van der Waals surface area contributed by atoms with Gasteiger partial charge in [0.2, 0.25) is 11.1 Å². The molecule has 1 aromatic carbocycles. The molecule has 6 nitrogen and oxygen atoms in total. The first-order valence-electron chi connectivity index (χ1n) is 8.20. The van der Waals surface area contributed by atoms with E-state index in [9.17, 15) is 4.79 Å². The zero-order valence-corrected chi connectivity index (χ0v) is 16.8. The Morgan fingerprint density at radius 3 is 2.58 bits per heavy atom. The van der Waals surface area contributed by atoms with E-state index < -0.39 is 0 Å². The van der Waals surface area contributed by atoms with Crippen molar-refractivity contribution < 1.29 is 4.79 Å². The third kappa shape index (κ3) is 4.31. The highest BCUT2D eigenvalue weighted by atomic mass is 32.2. The molecular weight excluding hydrogens is 366 g/mol. The second-order valence-electron chi connectivity index (χ2n) is 6.82. The zero-order valence-electron chi connectivity index (χ0n) is 15.2. The first kappa shape index (κ1) is 18.6. The minimum Gasteiger partial charge on any atom is -0.274 e. The van der Waals surface area contributed by atoms with Crippen molar-refractivity contribution in [1.29, 1.82) is 0 Å². The summed E-state index contributed by atoms with van der Waals surface area (Å²) < 4.78 is 0. The van der Waals surface area contributed by atoms with Gasteiger partial charge in [-0.2, -0.15) is 0 Å². The topological polar surface area (TPSA) is 74.8 Å². The molecule has 2 heterocycles. The van der Waals surface area contributed by atoms with Gasteiger partial charge in [-0.05, 0) is 12.1 Å². The van der Waals surface area contributed by atoms with E-state index in [1.54, 1.807) is 11.8 Å². The fraction of sp³-hybridized carbons (Fsp3) is 0.333. The number of anilines is 2. The van der Waals surface area contributed by atoms with Crippen LogP contribution >= 0.6 is 23.1 Å². The summed E-state index contributed by atoms with van der Waals surface area (Å²) in [5, 5.41) is 10.6. The van der Waals surface area contributed by atoms with E-state index in [0.717, 1.165) is 17.2 Å². The molecule has 0 radical (unpaired) electrons. The highest BCUT2D eigenvalue weighted by Crippen LogP contribution is 2.31. The fourth-order valence-corrected chi connectivity index (χ4v) is 3.94. The zero-order chi connectivity index (χ0) is 18.7. The number of carbonyl (C=O) groups is 1. The molecule has 1 N–H and O–H groups in total. The Bertz CT molecular complexity index is 882. The molecule has 3 aromatic rings. The first-order valence-corrected chi connectivity index (χ1v) is 10.1. The van der Waals surface area contributed by atoms with Crippen molar-refractivity contribution in [2.45, 2.75) is 44.0 Å². The van der Waals surface area contributed by atoms with Crippen molar-refractivity contribution in [1.82, 2.24) is 20.2 Å². The van der Waals surface area contributed by atoms with Gasteiger partial charge in [0.1, 0.15) is 5.82 Å². The van der Waals surface area contributed by atoms with Crippen LogP contribution in [-0.4, -0.2) is 26.1 Å². The minimum absolute atomic E-state index is 0.0583. The quantitative estimate of drug-likeness (QED) is 0.651. The Morgan fingerprint density at radius 1 is 1.23 bits per heavy atom. The second kappa shape index (κ2) is 7.59. The number of nitrogens with one attached hydrogen (secondary N) is 1. The molecule has 0 aliphatic rings. The van der Waals surface area contributed by atoms with Gasteiger partial charge in [0, 0.05) is 23.5 Å². The number of hydrogen-bond donors (Lipinski definition) is 1. The predicted octanol–water partition coefficient (Wildman–Crippen LogP) is 4.54. The number of carbonyl (C=O) groups excluding carboxylic acids is 1. The summed E-state index contributed by atoms with van der Waals surface area (Å²) in [6.07, 6.45) is 0. The lowest BCUT2D eigenvalue weighted by Gasteiger charge is -2.17. The molecule has 0 aliphatic heterocycles. The molecule has 136 valence electrons. The van der Waals surface area contributed by atoms with Crippen LogP contribution in [-0.2, 0) is 16.0 Å². The van der Waals surface area contributed by atoms with Crippen LogP contribution in [0.5, 0.6) is 0 Å². The van der Waals surface area contributed by atoms with Gasteiger partial charge in [-0.15, -0.1) is 16.4 Å². The maximum Gasteiger partial charge on any atom is 0.230 e. The average molecular weight is 388 g/mol. The third-order valence-electron chi connectivity index (χ3n) is 3.58. The molecule has 26 heavy (non-hydrogen) atoms. The summed E-state index contributed by atoms with van der Waals surface area (Å²) >= 11 is 2.98. The predicted molar refractivity (Wildman–Crippen MR) is 106 cm³/mol. The van der Waals surface area contributed by atoms with Gasteiger partial charge in [-0.25, -0.2) is 9.97 Å². The number of amides is 1. The first-order chi connectivity index (χ1) is 12.3. The monoisotopic (exact) mass is 387 g/mol. The molecule has 2 aromatic heterocycles. The maximum absolute atomic E-state index is 12.1. The lowest BCUT2D eigenvalue weighted by atomic mass is 9.96. The van der Waals surface area contributed by atoms with E-state index >= 15 is 0 Å². The van der Waals surface area contributed by atoms with E-state index in [1.807, 2.05) is 35.7 Å². The van der Waals surface area contributed by atoms with Gasteiger partial charge >= 0.3 is 0 Å². The Balaban J connectivity index is 1.71. The van der Waals surface area contributed by atoms with Crippen molar-refractivity contribution in [3.8, 4) is 0 Å². The van der Waals surface area contributed by atoms with E-state index in [4.69, 9.17) is 0 Å². The highest BCUT2D eigenvalue weighted by Gasteiger charge is 2.20. The Kier molecular flexibility index (Phi) is 5.43. The number of thioether (sulfide) groups is 1. The van der Waals surface area contributed by atoms with Gasteiger partial charge in [0.25, 0.3) is 0 Å². The van der Waals surface area contributed by atoms with Crippen LogP contribution in [0.3, 0.4) is 0 Å². The molecular formula is C18H21N5OS2. The Labute approximate surface area is 161 Å². The van der Waals surface area contributed by atoms with Crippen LogP contribution in [0.25, 0.3) is 0 Å². The highest BCUT2D eigenvalue weighted by molar-refractivity contribution is 7.98. The number of para-hydroxylation sites is 1. The number of rotatable bonds is 5. The summed E-state index contributed by atoms with van der Waals surface area (Å²) in [6.45, 7) is 7.82. The SMILES string of the molecule is CC(=O)N(c1ccccc1)c1nc(CSc2n[nH]c(C(C)(C)C)n2)cs1. The lowest BCUT2D eigenvalue weighted by Crippen LogP contribution is -2.22. The van der Waals surface area contributed by atoms with Crippen LogP contribution in [0.15, 0.2) is 40.9 Å². The number of H-pyrrole nitrogens is 1. The number of aromatic nitrogens is 4. The molecule has 0 saturated heterocycles. The molecule has 0 saturated carbocycles. The van der Waals surface area contributed by atoms with Gasteiger partial charge in [0.15, 0.2) is 5.13 Å². The summed E-state index contributed by atoms with van der Waals surface area (Å²) in [7, 11) is 0. The van der Waals surface area contributed by atoms with Gasteiger partial charge < -0.3 is 0 Å². The average Bonchev–Trinajstić information content (AvgIpc) is 3.23. The van der Waals surface area contributed by atoms with E-state index in [0.29, 0.717) is 16.0 Å². The molecule has 0 spiro atoms. The molecule has 0 aliphatic carbocycles. The molecule has 8 heteroatoms. The largest absolute Gasteiger partial charge is 0.274 e. The smallest absolute Gasteiger partial charge is 0.230 e. The van der Waals surface area contributed by atoms with Crippen LogP contribution < -0.4 is 4.90 Å². The van der Waals surface area contributed by atoms with Crippen molar-refractivity contribution in [3.05, 3.63) is 47.2 Å². The third-order valence-corrected chi connectivity index (χ3v) is 5.34. The van der Waals surface area contributed by atoms with Crippen LogP contribution in [0, 0.1) is 0 Å². The Morgan fingerprint density at radius 2 is 1.96 bits per heavy atom. The second-order valence-corrected chi connectivity index (χ2v) is 8.60. The molecule has 3 rings (SSSR count). The fourth-order valence-electron chi connectivity index (χ4n) is 2.25. The van der Waals surface area contributed by atoms with Crippen molar-refractivity contribution >= 4 is 39.8 Å². The van der Waals surface area contributed by atoms with Crippen molar-refractivity contribution in [3.63, 3.8) is 0 Å². The number of thiazole rings is 1. The number of benzene rings is 1. The molecule has 1 amide bonds. The molecule has 0 atom stereocenters. The number of nitrogens with zero attached hydrogens (tertiary/aromatic N) is 4. The molecule has 0 fully saturated rings. The van der Waals surface area contributed by atoms with Crippen molar-refractivity contribution in [2.24, 2.45) is 0 Å². The number of aromatic amines is 1. The van der Waals surface area contributed by atoms with Crippen LogP contribution in [0.2, 0.25) is 0 Å². The normalized spacial score (nSPS) is 11.5. The number of hydrogen-bond acceptors (Lipinski definition) is 6. The van der Waals surface area contributed by atoms with Crippen LogP contribution in [0.4, 0.5) is 10.8 Å².